The molecular formula is C21H24N4O4S. The van der Waals surface area contributed by atoms with Crippen LogP contribution in [-0.4, -0.2) is 71.7 Å². The number of carbonyl (C=O) groups excluding carboxylic acids is 1. The fraction of sp³-hybridized carbons (Fsp3) is 0.381. The lowest BCUT2D eigenvalue weighted by atomic mass is 10.1. The predicted molar refractivity (Wildman–Crippen MR) is 114 cm³/mol. The summed E-state index contributed by atoms with van der Waals surface area (Å²) < 4.78 is 17.9. The maximum atomic E-state index is 12.5. The van der Waals surface area contributed by atoms with E-state index in [1.165, 1.54) is 11.8 Å². The zero-order valence-corrected chi connectivity index (χ0v) is 18.1. The number of rotatable bonds is 6. The van der Waals surface area contributed by atoms with E-state index in [1.807, 2.05) is 36.1 Å². The van der Waals surface area contributed by atoms with Gasteiger partial charge >= 0.3 is 0 Å². The summed E-state index contributed by atoms with van der Waals surface area (Å²) in [6.45, 7) is 4.44. The molecule has 3 aromatic rings. The van der Waals surface area contributed by atoms with Crippen LogP contribution < -0.4 is 9.47 Å². The lowest BCUT2D eigenvalue weighted by Gasteiger charge is -2.26. The number of carbonyl (C=O) groups is 1. The highest BCUT2D eigenvalue weighted by atomic mass is 32.2. The van der Waals surface area contributed by atoms with Crippen LogP contribution in [0, 0.1) is 6.92 Å². The molecule has 1 aliphatic heterocycles. The lowest BCUT2D eigenvalue weighted by Crippen LogP contribution is -2.41. The SMILES string of the molecule is COc1ccc(-c2cnn3c(SCC(=O)N4CCOCC4)cc(C)nc23)cc1OC. The van der Waals surface area contributed by atoms with Crippen LogP contribution in [0.2, 0.25) is 0 Å². The van der Waals surface area contributed by atoms with Crippen molar-refractivity contribution in [2.24, 2.45) is 0 Å². The standard InChI is InChI=1S/C21H24N4O4S/c1-14-10-20(30-13-19(26)24-6-8-29-9-7-24)25-21(23-14)16(12-22-25)15-4-5-17(27-2)18(11-15)28-3/h4-5,10-12H,6-9,13H2,1-3H3. The Morgan fingerprint density at radius 3 is 2.67 bits per heavy atom. The van der Waals surface area contributed by atoms with Gasteiger partial charge < -0.3 is 19.1 Å². The zero-order chi connectivity index (χ0) is 21.1. The topological polar surface area (TPSA) is 78.2 Å². The van der Waals surface area contributed by atoms with Gasteiger partial charge in [0.05, 0.1) is 39.4 Å². The maximum absolute atomic E-state index is 12.5. The highest BCUT2D eigenvalue weighted by Gasteiger charge is 2.19. The average molecular weight is 429 g/mol. The van der Waals surface area contributed by atoms with Gasteiger partial charge in [-0.15, -0.1) is 0 Å². The van der Waals surface area contributed by atoms with Crippen molar-refractivity contribution in [1.82, 2.24) is 19.5 Å². The third kappa shape index (κ3) is 4.08. The summed E-state index contributed by atoms with van der Waals surface area (Å²) >= 11 is 1.47. The summed E-state index contributed by atoms with van der Waals surface area (Å²) in [5.74, 6) is 1.77. The van der Waals surface area contributed by atoms with Crippen molar-refractivity contribution in [3.05, 3.63) is 36.2 Å². The van der Waals surface area contributed by atoms with Gasteiger partial charge in [0, 0.05) is 24.3 Å². The van der Waals surface area contributed by atoms with Crippen LogP contribution in [0.3, 0.4) is 0 Å². The van der Waals surface area contributed by atoms with Crippen LogP contribution in [0.5, 0.6) is 11.5 Å². The van der Waals surface area contributed by atoms with Gasteiger partial charge in [0.25, 0.3) is 0 Å². The molecule has 0 aliphatic carbocycles. The molecule has 0 unspecified atom stereocenters. The molecule has 158 valence electrons. The van der Waals surface area contributed by atoms with E-state index in [0.29, 0.717) is 43.6 Å². The first-order valence-electron chi connectivity index (χ1n) is 9.67. The van der Waals surface area contributed by atoms with E-state index in [-0.39, 0.29) is 5.91 Å². The Labute approximate surface area is 179 Å². The molecule has 1 amide bonds. The number of hydrogen-bond donors (Lipinski definition) is 0. The third-order valence-electron chi connectivity index (χ3n) is 4.97. The molecule has 4 rings (SSSR count). The van der Waals surface area contributed by atoms with Crippen LogP contribution in [0.1, 0.15) is 5.69 Å². The zero-order valence-electron chi connectivity index (χ0n) is 17.3. The van der Waals surface area contributed by atoms with Gasteiger partial charge in [-0.2, -0.15) is 5.10 Å². The molecule has 3 heterocycles. The molecule has 0 N–H and O–H groups in total. The number of ether oxygens (including phenoxy) is 3. The molecule has 8 nitrogen and oxygen atoms in total. The molecule has 0 spiro atoms. The first-order chi connectivity index (χ1) is 14.6. The normalized spacial score (nSPS) is 14.2. The number of morpholine rings is 1. The second-order valence-electron chi connectivity index (χ2n) is 6.88. The number of thioether (sulfide) groups is 1. The van der Waals surface area contributed by atoms with Gasteiger partial charge in [-0.05, 0) is 30.7 Å². The van der Waals surface area contributed by atoms with Crippen molar-refractivity contribution in [2.45, 2.75) is 11.9 Å². The third-order valence-corrected chi connectivity index (χ3v) is 5.95. The molecule has 1 aromatic carbocycles. The van der Waals surface area contributed by atoms with Crippen LogP contribution in [0.15, 0.2) is 35.5 Å². The van der Waals surface area contributed by atoms with Crippen molar-refractivity contribution in [3.8, 4) is 22.6 Å². The second kappa shape index (κ2) is 8.93. The Bertz CT molecular complexity index is 1060. The summed E-state index contributed by atoms with van der Waals surface area (Å²) in [5.41, 5.74) is 3.43. The summed E-state index contributed by atoms with van der Waals surface area (Å²) in [5, 5.41) is 5.42. The predicted octanol–water partition coefficient (Wildman–Crippen LogP) is 2.67. The number of methoxy groups -OCH3 is 2. The van der Waals surface area contributed by atoms with E-state index < -0.39 is 0 Å². The van der Waals surface area contributed by atoms with Gasteiger partial charge in [-0.25, -0.2) is 9.50 Å². The summed E-state index contributed by atoms with van der Waals surface area (Å²) in [7, 11) is 3.22. The van der Waals surface area contributed by atoms with E-state index in [1.54, 1.807) is 24.9 Å². The number of amides is 1. The molecule has 1 aliphatic rings. The smallest absolute Gasteiger partial charge is 0.233 e. The molecule has 0 saturated carbocycles. The molecule has 9 heteroatoms. The van der Waals surface area contributed by atoms with Crippen molar-refractivity contribution in [2.75, 3.05) is 46.3 Å². The minimum Gasteiger partial charge on any atom is -0.493 e. The molecule has 30 heavy (non-hydrogen) atoms. The number of benzene rings is 1. The minimum atomic E-state index is 0.109. The largest absolute Gasteiger partial charge is 0.493 e. The van der Waals surface area contributed by atoms with E-state index in [2.05, 4.69) is 5.10 Å². The van der Waals surface area contributed by atoms with E-state index in [0.717, 1.165) is 27.5 Å². The fourth-order valence-corrected chi connectivity index (χ4v) is 4.36. The first kappa shape index (κ1) is 20.5. The Hall–Kier alpha value is -2.78. The molecule has 2 aromatic heterocycles. The Morgan fingerprint density at radius 2 is 1.93 bits per heavy atom. The van der Waals surface area contributed by atoms with Gasteiger partial charge in [0.1, 0.15) is 5.03 Å². The van der Waals surface area contributed by atoms with Crippen molar-refractivity contribution in [3.63, 3.8) is 0 Å². The maximum Gasteiger partial charge on any atom is 0.233 e. The van der Waals surface area contributed by atoms with Crippen molar-refractivity contribution < 1.29 is 19.0 Å². The fourth-order valence-electron chi connectivity index (χ4n) is 3.40. The quantitative estimate of drug-likeness (QED) is 0.441. The number of hydrogen-bond acceptors (Lipinski definition) is 7. The lowest BCUT2D eigenvalue weighted by molar-refractivity contribution is -0.132. The van der Waals surface area contributed by atoms with Crippen molar-refractivity contribution >= 4 is 23.3 Å². The summed E-state index contributed by atoms with van der Waals surface area (Å²) in [6, 6.07) is 7.69. The van der Waals surface area contributed by atoms with Gasteiger partial charge in [0.15, 0.2) is 17.1 Å². The highest BCUT2D eigenvalue weighted by Crippen LogP contribution is 2.34. The van der Waals surface area contributed by atoms with Crippen LogP contribution >= 0.6 is 11.8 Å². The van der Waals surface area contributed by atoms with Gasteiger partial charge in [-0.1, -0.05) is 17.8 Å². The summed E-state index contributed by atoms with van der Waals surface area (Å²) in [6.07, 6.45) is 1.79. The number of nitrogens with zero attached hydrogens (tertiary/aromatic N) is 4. The first-order valence-corrected chi connectivity index (χ1v) is 10.7. The van der Waals surface area contributed by atoms with E-state index >= 15 is 0 Å². The molecule has 0 atom stereocenters. The summed E-state index contributed by atoms with van der Waals surface area (Å²) in [4.78, 5) is 19.1. The molecule has 1 saturated heterocycles. The molecule has 0 radical (unpaired) electrons. The molecule has 0 bridgehead atoms. The number of fused-ring (bicyclic) bond motifs is 1. The number of aryl methyl sites for hydroxylation is 1. The molecule has 1 fully saturated rings. The Morgan fingerprint density at radius 1 is 1.17 bits per heavy atom. The number of aromatic nitrogens is 3. The van der Waals surface area contributed by atoms with E-state index in [4.69, 9.17) is 19.2 Å². The Kier molecular flexibility index (Phi) is 6.10. The van der Waals surface area contributed by atoms with E-state index in [9.17, 15) is 4.79 Å². The van der Waals surface area contributed by atoms with Crippen LogP contribution in [0.25, 0.3) is 16.8 Å². The second-order valence-corrected chi connectivity index (χ2v) is 7.88. The highest BCUT2D eigenvalue weighted by molar-refractivity contribution is 7.99. The minimum absolute atomic E-state index is 0.109. The van der Waals surface area contributed by atoms with Crippen LogP contribution in [-0.2, 0) is 9.53 Å². The van der Waals surface area contributed by atoms with Gasteiger partial charge in [0.2, 0.25) is 5.91 Å². The van der Waals surface area contributed by atoms with Crippen LogP contribution in [0.4, 0.5) is 0 Å². The van der Waals surface area contributed by atoms with Crippen molar-refractivity contribution in [1.29, 1.82) is 0 Å². The average Bonchev–Trinajstić information content (AvgIpc) is 3.21. The monoisotopic (exact) mass is 428 g/mol. The van der Waals surface area contributed by atoms with Gasteiger partial charge in [-0.3, -0.25) is 4.79 Å². The Balaban J connectivity index is 1.62. The molecular weight excluding hydrogens is 404 g/mol.